The minimum absolute atomic E-state index is 0.167. The molecule has 0 saturated carbocycles. The fourth-order valence-electron chi connectivity index (χ4n) is 5.08. The smallest absolute Gasteiger partial charge is 0.370 e. The van der Waals surface area contributed by atoms with Gasteiger partial charge in [0.2, 0.25) is 0 Å². The van der Waals surface area contributed by atoms with Crippen molar-refractivity contribution in [3.8, 4) is 0 Å². The molecule has 0 amide bonds. The molecule has 38 heavy (non-hydrogen) atoms. The summed E-state index contributed by atoms with van der Waals surface area (Å²) in [7, 11) is 0.190. The van der Waals surface area contributed by atoms with Crippen molar-refractivity contribution in [3.05, 3.63) is 77.7 Å². The van der Waals surface area contributed by atoms with E-state index in [0.717, 1.165) is 31.1 Å². The quantitative estimate of drug-likeness (QED) is 0.421. The Kier molecular flexibility index (Phi) is 7.98. The maximum absolute atomic E-state index is 13.2. The van der Waals surface area contributed by atoms with Gasteiger partial charge in [0, 0.05) is 30.5 Å². The SMILES string of the molecule is Cc1cc(N2CCC[C@](CCc3cccc(C(F)(F)F)c3)(N(C)C)C2)ccc1S(=O)(=O)Nc1ccncn1. The van der Waals surface area contributed by atoms with E-state index in [-0.39, 0.29) is 16.3 Å². The summed E-state index contributed by atoms with van der Waals surface area (Å²) in [6, 6.07) is 12.3. The normalized spacial score (nSPS) is 18.6. The van der Waals surface area contributed by atoms with Crippen LogP contribution in [0, 0.1) is 6.92 Å². The van der Waals surface area contributed by atoms with Gasteiger partial charge in [0.15, 0.2) is 0 Å². The molecule has 0 radical (unpaired) electrons. The second-order valence-electron chi connectivity index (χ2n) is 9.99. The summed E-state index contributed by atoms with van der Waals surface area (Å²) in [5.41, 5.74) is 1.32. The van der Waals surface area contributed by atoms with Gasteiger partial charge >= 0.3 is 6.18 Å². The average Bonchev–Trinajstić information content (AvgIpc) is 2.87. The molecule has 1 atom stereocenters. The number of aromatic nitrogens is 2. The van der Waals surface area contributed by atoms with E-state index in [4.69, 9.17) is 0 Å². The number of halogens is 3. The van der Waals surface area contributed by atoms with Crippen molar-refractivity contribution in [3.63, 3.8) is 0 Å². The first kappa shape index (κ1) is 27.8. The van der Waals surface area contributed by atoms with Crippen molar-refractivity contribution in [2.24, 2.45) is 0 Å². The van der Waals surface area contributed by atoms with Gasteiger partial charge in [0.1, 0.15) is 12.1 Å². The molecule has 1 saturated heterocycles. The molecule has 2 heterocycles. The Morgan fingerprint density at radius 2 is 1.92 bits per heavy atom. The van der Waals surface area contributed by atoms with E-state index in [1.165, 1.54) is 30.7 Å². The minimum atomic E-state index is -4.36. The van der Waals surface area contributed by atoms with Crippen LogP contribution in [-0.4, -0.2) is 56.0 Å². The zero-order chi connectivity index (χ0) is 27.6. The third-order valence-corrected chi connectivity index (χ3v) is 8.79. The number of nitrogens with zero attached hydrogens (tertiary/aromatic N) is 4. The molecule has 3 aromatic rings. The summed E-state index contributed by atoms with van der Waals surface area (Å²) in [6.07, 6.45) is 1.43. The van der Waals surface area contributed by atoms with E-state index in [1.54, 1.807) is 25.1 Å². The highest BCUT2D eigenvalue weighted by Crippen LogP contribution is 2.35. The Bertz CT molecular complexity index is 1370. The molecule has 1 N–H and O–H groups in total. The highest BCUT2D eigenvalue weighted by atomic mass is 32.2. The van der Waals surface area contributed by atoms with Crippen molar-refractivity contribution in [2.75, 3.05) is 36.8 Å². The third-order valence-electron chi connectivity index (χ3n) is 7.27. The molecule has 7 nitrogen and oxygen atoms in total. The number of benzene rings is 2. The molecule has 0 unspecified atom stereocenters. The molecule has 4 rings (SSSR count). The first-order valence-corrected chi connectivity index (χ1v) is 13.9. The molecule has 204 valence electrons. The maximum atomic E-state index is 13.2. The van der Waals surface area contributed by atoms with Crippen LogP contribution in [-0.2, 0) is 22.6 Å². The van der Waals surface area contributed by atoms with Gasteiger partial charge in [-0.15, -0.1) is 0 Å². The van der Waals surface area contributed by atoms with E-state index >= 15 is 0 Å². The molecule has 0 bridgehead atoms. The van der Waals surface area contributed by atoms with Gasteiger partial charge in [-0.05, 0) is 88.2 Å². The number of aryl methyl sites for hydroxylation is 2. The number of nitrogens with one attached hydrogen (secondary N) is 1. The van der Waals surface area contributed by atoms with Gasteiger partial charge in [-0.2, -0.15) is 13.2 Å². The molecule has 1 aliphatic rings. The summed E-state index contributed by atoms with van der Waals surface area (Å²) in [5.74, 6) is 0.191. The van der Waals surface area contributed by atoms with Crippen molar-refractivity contribution in [1.29, 1.82) is 0 Å². The molecule has 2 aromatic carbocycles. The van der Waals surface area contributed by atoms with Crippen molar-refractivity contribution < 1.29 is 21.6 Å². The largest absolute Gasteiger partial charge is 0.416 e. The lowest BCUT2D eigenvalue weighted by molar-refractivity contribution is -0.137. The molecular weight excluding hydrogens is 515 g/mol. The highest BCUT2D eigenvalue weighted by Gasteiger charge is 2.38. The predicted molar refractivity (Wildman–Crippen MR) is 142 cm³/mol. The Hall–Kier alpha value is -3.18. The summed E-state index contributed by atoms with van der Waals surface area (Å²) in [4.78, 5) is 12.3. The van der Waals surface area contributed by atoms with Crippen LogP contribution in [0.5, 0.6) is 0 Å². The van der Waals surface area contributed by atoms with E-state index in [9.17, 15) is 21.6 Å². The van der Waals surface area contributed by atoms with Gasteiger partial charge in [-0.25, -0.2) is 18.4 Å². The van der Waals surface area contributed by atoms with Crippen molar-refractivity contribution >= 4 is 21.5 Å². The standard InChI is InChI=1S/C27H32F3N5O2S/c1-20-16-23(8-9-24(20)38(36,37)33-25-11-14-31-19-32-25)35-15-5-12-26(18-35,34(2)3)13-10-21-6-4-7-22(17-21)27(28,29)30/h4,6-9,11,14,16-17,19H,5,10,12-13,15,18H2,1-3H3,(H,31,32,33)/t26-/m1/s1. The Morgan fingerprint density at radius 1 is 1.13 bits per heavy atom. The van der Waals surface area contributed by atoms with Crippen LogP contribution in [0.25, 0.3) is 0 Å². The van der Waals surface area contributed by atoms with Crippen molar-refractivity contribution in [2.45, 2.75) is 49.2 Å². The van der Waals surface area contributed by atoms with E-state index in [0.29, 0.717) is 30.5 Å². The van der Waals surface area contributed by atoms with Gasteiger partial charge in [0.25, 0.3) is 10.0 Å². The molecular formula is C27H32F3N5O2S. The second-order valence-corrected chi connectivity index (χ2v) is 11.6. The van der Waals surface area contributed by atoms with Crippen LogP contribution < -0.4 is 9.62 Å². The van der Waals surface area contributed by atoms with Gasteiger partial charge in [-0.3, -0.25) is 4.72 Å². The first-order chi connectivity index (χ1) is 17.9. The zero-order valence-corrected chi connectivity index (χ0v) is 22.5. The monoisotopic (exact) mass is 547 g/mol. The number of hydrogen-bond acceptors (Lipinski definition) is 6. The third kappa shape index (κ3) is 6.27. The lowest BCUT2D eigenvalue weighted by Crippen LogP contribution is -2.56. The van der Waals surface area contributed by atoms with Gasteiger partial charge < -0.3 is 9.80 Å². The van der Waals surface area contributed by atoms with E-state index in [2.05, 4.69) is 24.5 Å². The summed E-state index contributed by atoms with van der Waals surface area (Å²) in [6.45, 7) is 3.25. The fraction of sp³-hybridized carbons (Fsp3) is 0.407. The van der Waals surface area contributed by atoms with Crippen LogP contribution in [0.4, 0.5) is 24.7 Å². The Morgan fingerprint density at radius 3 is 2.58 bits per heavy atom. The molecule has 11 heteroatoms. The molecule has 0 aliphatic carbocycles. The summed E-state index contributed by atoms with van der Waals surface area (Å²) in [5, 5.41) is 0. The van der Waals surface area contributed by atoms with Crippen LogP contribution in [0.1, 0.15) is 36.0 Å². The minimum Gasteiger partial charge on any atom is -0.370 e. The van der Waals surface area contributed by atoms with Gasteiger partial charge in [-0.1, -0.05) is 18.2 Å². The highest BCUT2D eigenvalue weighted by molar-refractivity contribution is 7.92. The van der Waals surface area contributed by atoms with E-state index < -0.39 is 21.8 Å². The van der Waals surface area contributed by atoms with E-state index in [1.807, 2.05) is 20.2 Å². The number of likely N-dealkylation sites (N-methyl/N-ethyl adjacent to an activating group) is 1. The zero-order valence-electron chi connectivity index (χ0n) is 21.7. The van der Waals surface area contributed by atoms with Gasteiger partial charge in [0.05, 0.1) is 10.5 Å². The van der Waals surface area contributed by atoms with Crippen LogP contribution in [0.2, 0.25) is 0 Å². The summed E-state index contributed by atoms with van der Waals surface area (Å²) >= 11 is 0. The number of alkyl halides is 3. The predicted octanol–water partition coefficient (Wildman–Crippen LogP) is 5.14. The van der Waals surface area contributed by atoms with Crippen molar-refractivity contribution in [1.82, 2.24) is 14.9 Å². The lowest BCUT2D eigenvalue weighted by Gasteiger charge is -2.48. The van der Waals surface area contributed by atoms with Crippen LogP contribution in [0.3, 0.4) is 0 Å². The average molecular weight is 548 g/mol. The number of rotatable bonds is 8. The molecule has 1 aromatic heterocycles. The molecule has 1 aliphatic heterocycles. The lowest BCUT2D eigenvalue weighted by atomic mass is 9.82. The summed E-state index contributed by atoms with van der Waals surface area (Å²) < 4.78 is 67.9. The first-order valence-electron chi connectivity index (χ1n) is 12.4. The molecule has 1 fully saturated rings. The second kappa shape index (κ2) is 10.9. The topological polar surface area (TPSA) is 78.4 Å². The fourth-order valence-corrected chi connectivity index (χ4v) is 6.32. The number of hydrogen-bond donors (Lipinski definition) is 1. The Labute approximate surface area is 221 Å². The number of sulfonamides is 1. The molecule has 0 spiro atoms. The van der Waals surface area contributed by atoms with Crippen LogP contribution in [0.15, 0.2) is 66.0 Å². The number of piperidine rings is 1. The van der Waals surface area contributed by atoms with Crippen LogP contribution >= 0.6 is 0 Å². The number of anilines is 2. The Balaban J connectivity index is 1.52. The maximum Gasteiger partial charge on any atom is 0.416 e.